The number of rotatable bonds is 4. The van der Waals surface area contributed by atoms with Gasteiger partial charge in [0.25, 0.3) is 5.91 Å². The molecule has 1 heterocycles. The fraction of sp³-hybridized carbons (Fsp3) is 0.190. The first-order chi connectivity index (χ1) is 13.0. The molecule has 136 valence electrons. The first-order valence-electron chi connectivity index (χ1n) is 8.79. The van der Waals surface area contributed by atoms with E-state index in [0.29, 0.717) is 22.8 Å². The molecule has 6 heteroatoms. The number of para-hydroxylation sites is 1. The number of hydrogen-bond acceptors (Lipinski definition) is 5. The van der Waals surface area contributed by atoms with E-state index in [1.807, 2.05) is 30.3 Å². The van der Waals surface area contributed by atoms with Crippen molar-refractivity contribution in [3.63, 3.8) is 0 Å². The van der Waals surface area contributed by atoms with Gasteiger partial charge >= 0.3 is 0 Å². The molecule has 3 N–H and O–H groups in total. The molecule has 4 rings (SSSR count). The maximum atomic E-state index is 12.8. The first-order valence-corrected chi connectivity index (χ1v) is 8.79. The van der Waals surface area contributed by atoms with Gasteiger partial charge in [-0.25, -0.2) is 5.43 Å². The predicted molar refractivity (Wildman–Crippen MR) is 103 cm³/mol. The summed E-state index contributed by atoms with van der Waals surface area (Å²) in [6, 6.07) is 13.6. The average Bonchev–Trinajstić information content (AvgIpc) is 3.50. The highest BCUT2D eigenvalue weighted by Crippen LogP contribution is 2.40. The van der Waals surface area contributed by atoms with E-state index >= 15 is 0 Å². The molecule has 0 aliphatic heterocycles. The van der Waals surface area contributed by atoms with Crippen molar-refractivity contribution in [3.05, 3.63) is 65.4 Å². The number of nitrogens with zero attached hydrogens (tertiary/aromatic N) is 2. The van der Waals surface area contributed by atoms with Crippen LogP contribution in [0.4, 0.5) is 0 Å². The van der Waals surface area contributed by atoms with Crippen LogP contribution in [-0.4, -0.2) is 26.8 Å². The lowest BCUT2D eigenvalue weighted by Crippen LogP contribution is -2.20. The fourth-order valence-electron chi connectivity index (χ4n) is 3.05. The number of fused-ring (bicyclic) bond motifs is 1. The van der Waals surface area contributed by atoms with Gasteiger partial charge in [-0.05, 0) is 44.0 Å². The Kier molecular flexibility index (Phi) is 4.24. The van der Waals surface area contributed by atoms with Gasteiger partial charge in [-0.2, -0.15) is 5.10 Å². The van der Waals surface area contributed by atoms with Crippen molar-refractivity contribution in [2.75, 3.05) is 0 Å². The molecule has 0 radical (unpaired) electrons. The predicted octanol–water partition coefficient (Wildman–Crippen LogP) is 3.68. The van der Waals surface area contributed by atoms with Gasteiger partial charge in [-0.15, -0.1) is 0 Å². The minimum Gasteiger partial charge on any atom is -0.508 e. The molecule has 0 saturated heterocycles. The Morgan fingerprint density at radius 2 is 1.89 bits per heavy atom. The lowest BCUT2D eigenvalue weighted by atomic mass is 10.1. The van der Waals surface area contributed by atoms with Gasteiger partial charge in [-0.3, -0.25) is 9.78 Å². The molecule has 1 amide bonds. The molecule has 3 aromatic rings. The van der Waals surface area contributed by atoms with E-state index in [-0.39, 0.29) is 17.4 Å². The molecule has 1 aliphatic rings. The SMILES string of the molecule is C/C(=N/NC(=O)c1cc(C2CC2)nc2ccccc12)c1ccc(O)cc1O. The molecule has 1 aliphatic carbocycles. The minimum absolute atomic E-state index is 0.0380. The van der Waals surface area contributed by atoms with Gasteiger partial charge in [0.2, 0.25) is 0 Å². The highest BCUT2D eigenvalue weighted by atomic mass is 16.3. The molecule has 2 aromatic carbocycles. The number of hydrazone groups is 1. The number of aromatic nitrogens is 1. The first kappa shape index (κ1) is 17.0. The molecule has 1 saturated carbocycles. The summed E-state index contributed by atoms with van der Waals surface area (Å²) >= 11 is 0. The van der Waals surface area contributed by atoms with Crippen molar-refractivity contribution >= 4 is 22.5 Å². The van der Waals surface area contributed by atoms with Crippen LogP contribution in [0.2, 0.25) is 0 Å². The smallest absolute Gasteiger partial charge is 0.272 e. The molecule has 0 atom stereocenters. The quantitative estimate of drug-likeness (QED) is 0.488. The van der Waals surface area contributed by atoms with Crippen LogP contribution >= 0.6 is 0 Å². The van der Waals surface area contributed by atoms with Crippen LogP contribution in [0.5, 0.6) is 11.5 Å². The maximum Gasteiger partial charge on any atom is 0.272 e. The van der Waals surface area contributed by atoms with Crippen molar-refractivity contribution < 1.29 is 15.0 Å². The second-order valence-corrected chi connectivity index (χ2v) is 6.73. The number of phenolic OH excluding ortho intramolecular Hbond substituents is 2. The van der Waals surface area contributed by atoms with Gasteiger partial charge in [0.05, 0.1) is 16.8 Å². The second-order valence-electron chi connectivity index (χ2n) is 6.73. The van der Waals surface area contributed by atoms with Gasteiger partial charge in [0.1, 0.15) is 11.5 Å². The van der Waals surface area contributed by atoms with E-state index in [1.165, 1.54) is 12.1 Å². The van der Waals surface area contributed by atoms with E-state index in [0.717, 1.165) is 29.4 Å². The number of amides is 1. The second kappa shape index (κ2) is 6.72. The molecule has 0 spiro atoms. The van der Waals surface area contributed by atoms with Gasteiger partial charge in [0.15, 0.2) is 0 Å². The van der Waals surface area contributed by atoms with Crippen molar-refractivity contribution in [2.45, 2.75) is 25.7 Å². The van der Waals surface area contributed by atoms with Crippen LogP contribution in [0, 0.1) is 0 Å². The molecule has 0 unspecified atom stereocenters. The Morgan fingerprint density at radius 3 is 2.63 bits per heavy atom. The van der Waals surface area contributed by atoms with Crippen molar-refractivity contribution in [1.29, 1.82) is 0 Å². The fourth-order valence-corrected chi connectivity index (χ4v) is 3.05. The van der Waals surface area contributed by atoms with Crippen molar-refractivity contribution in [2.24, 2.45) is 5.10 Å². The summed E-state index contributed by atoms with van der Waals surface area (Å²) in [6.45, 7) is 1.67. The Hall–Kier alpha value is -3.41. The zero-order valence-corrected chi connectivity index (χ0v) is 14.8. The van der Waals surface area contributed by atoms with Gasteiger partial charge in [0, 0.05) is 28.6 Å². The topological polar surface area (TPSA) is 94.8 Å². The normalized spacial score (nSPS) is 14.3. The summed E-state index contributed by atoms with van der Waals surface area (Å²) in [6.07, 6.45) is 2.20. The molecule has 1 fully saturated rings. The average molecular weight is 361 g/mol. The van der Waals surface area contributed by atoms with Crippen LogP contribution in [-0.2, 0) is 0 Å². The summed E-state index contributed by atoms with van der Waals surface area (Å²) in [5.41, 5.74) is 5.71. The standard InChI is InChI=1S/C21H19N3O3/c1-12(15-9-8-14(25)10-20(15)26)23-24-21(27)17-11-19(13-6-7-13)22-18-5-3-2-4-16(17)18/h2-5,8-11,13,25-26H,6-7H2,1H3,(H,24,27)/b23-12-. The highest BCUT2D eigenvalue weighted by Gasteiger charge is 2.26. The lowest BCUT2D eigenvalue weighted by Gasteiger charge is -2.09. The third-order valence-electron chi connectivity index (χ3n) is 4.67. The number of hydrogen-bond donors (Lipinski definition) is 3. The Balaban J connectivity index is 1.64. The third-order valence-corrected chi connectivity index (χ3v) is 4.67. The number of phenols is 2. The molecule has 1 aromatic heterocycles. The van der Waals surface area contributed by atoms with Gasteiger partial charge < -0.3 is 10.2 Å². The summed E-state index contributed by atoms with van der Waals surface area (Å²) in [5, 5.41) is 24.2. The number of carbonyl (C=O) groups excluding carboxylic acids is 1. The summed E-state index contributed by atoms with van der Waals surface area (Å²) < 4.78 is 0. The van der Waals surface area contributed by atoms with Crippen LogP contribution in [0.15, 0.2) is 53.6 Å². The number of nitrogens with one attached hydrogen (secondary N) is 1. The Morgan fingerprint density at radius 1 is 1.11 bits per heavy atom. The zero-order chi connectivity index (χ0) is 19.0. The van der Waals surface area contributed by atoms with E-state index < -0.39 is 0 Å². The Labute approximate surface area is 156 Å². The van der Waals surface area contributed by atoms with Crippen LogP contribution in [0.3, 0.4) is 0 Å². The van der Waals surface area contributed by atoms with Gasteiger partial charge in [-0.1, -0.05) is 18.2 Å². The van der Waals surface area contributed by atoms with Crippen LogP contribution in [0.25, 0.3) is 10.9 Å². The third kappa shape index (κ3) is 3.46. The Bertz CT molecular complexity index is 1070. The van der Waals surface area contributed by atoms with E-state index in [9.17, 15) is 15.0 Å². The number of benzene rings is 2. The minimum atomic E-state index is -0.326. The maximum absolute atomic E-state index is 12.8. The van der Waals surface area contributed by atoms with Crippen LogP contribution < -0.4 is 5.43 Å². The van der Waals surface area contributed by atoms with E-state index in [1.54, 1.807) is 13.0 Å². The molecule has 27 heavy (non-hydrogen) atoms. The lowest BCUT2D eigenvalue weighted by molar-refractivity contribution is 0.0956. The molecule has 0 bridgehead atoms. The number of aromatic hydroxyl groups is 2. The number of pyridine rings is 1. The van der Waals surface area contributed by atoms with Crippen LogP contribution in [0.1, 0.15) is 47.3 Å². The summed E-state index contributed by atoms with van der Waals surface area (Å²) in [7, 11) is 0. The summed E-state index contributed by atoms with van der Waals surface area (Å²) in [4.78, 5) is 17.5. The van der Waals surface area contributed by atoms with Crippen molar-refractivity contribution in [3.8, 4) is 11.5 Å². The molecule has 6 nitrogen and oxygen atoms in total. The highest BCUT2D eigenvalue weighted by molar-refractivity contribution is 6.07. The van der Waals surface area contributed by atoms with E-state index in [2.05, 4.69) is 15.5 Å². The van der Waals surface area contributed by atoms with E-state index in [4.69, 9.17) is 0 Å². The van der Waals surface area contributed by atoms with Crippen molar-refractivity contribution in [1.82, 2.24) is 10.4 Å². The largest absolute Gasteiger partial charge is 0.508 e. The monoisotopic (exact) mass is 361 g/mol. The zero-order valence-electron chi connectivity index (χ0n) is 14.8. The molecular formula is C21H19N3O3. The number of carbonyl (C=O) groups is 1. The summed E-state index contributed by atoms with van der Waals surface area (Å²) in [5.74, 6) is -0.0340. The molecular weight excluding hydrogens is 342 g/mol.